The smallest absolute Gasteiger partial charge is 0.119 e. The predicted molar refractivity (Wildman–Crippen MR) is 134 cm³/mol. The first-order chi connectivity index (χ1) is 16.6. The van der Waals surface area contributed by atoms with Gasteiger partial charge >= 0.3 is 0 Å². The van der Waals surface area contributed by atoms with Crippen LogP contribution in [0.1, 0.15) is 55.2 Å². The topological polar surface area (TPSA) is 48.8 Å². The van der Waals surface area contributed by atoms with Crippen molar-refractivity contribution in [2.45, 2.75) is 68.4 Å². The summed E-state index contributed by atoms with van der Waals surface area (Å²) in [5.41, 5.74) is 3.28. The fraction of sp³-hybridized carbons (Fsp3) is 0.621. The first-order valence-corrected chi connectivity index (χ1v) is 13.4. The monoisotopic (exact) mass is 461 g/mol. The van der Waals surface area contributed by atoms with E-state index in [-0.39, 0.29) is 11.5 Å². The zero-order valence-electron chi connectivity index (χ0n) is 20.6. The van der Waals surface area contributed by atoms with Crippen LogP contribution in [-0.4, -0.2) is 71.4 Å². The zero-order valence-corrected chi connectivity index (χ0v) is 20.6. The van der Waals surface area contributed by atoms with E-state index in [2.05, 4.69) is 39.0 Å². The van der Waals surface area contributed by atoms with E-state index in [1.807, 2.05) is 18.5 Å². The SMILES string of the molecule is COc1ccc2c(c1)C13CCN(CCCc4cccnc4)CCC1(O)C(C2)N(CC1CC1)CC3. The van der Waals surface area contributed by atoms with Crippen molar-refractivity contribution in [2.24, 2.45) is 5.92 Å². The summed E-state index contributed by atoms with van der Waals surface area (Å²) in [5.74, 6) is 1.77. The number of rotatable bonds is 7. The van der Waals surface area contributed by atoms with Gasteiger partial charge < -0.3 is 14.7 Å². The van der Waals surface area contributed by atoms with Crippen molar-refractivity contribution in [2.75, 3.05) is 39.8 Å². The second-order valence-electron chi connectivity index (χ2n) is 11.2. The van der Waals surface area contributed by atoms with Crippen molar-refractivity contribution in [3.63, 3.8) is 0 Å². The van der Waals surface area contributed by atoms with Gasteiger partial charge in [-0.1, -0.05) is 12.1 Å². The number of aromatic nitrogens is 1. The summed E-state index contributed by atoms with van der Waals surface area (Å²) < 4.78 is 5.65. The van der Waals surface area contributed by atoms with E-state index in [9.17, 15) is 5.11 Å². The fourth-order valence-corrected chi connectivity index (χ4v) is 7.31. The Bertz CT molecular complexity index is 1010. The van der Waals surface area contributed by atoms with E-state index in [0.29, 0.717) is 0 Å². The molecule has 0 spiro atoms. The highest BCUT2D eigenvalue weighted by atomic mass is 16.5. The van der Waals surface area contributed by atoms with Gasteiger partial charge in [0.1, 0.15) is 5.75 Å². The van der Waals surface area contributed by atoms with Crippen molar-refractivity contribution in [3.05, 3.63) is 59.4 Å². The molecule has 3 atom stereocenters. The molecule has 2 aliphatic heterocycles. The normalized spacial score (nSPS) is 31.4. The van der Waals surface area contributed by atoms with Crippen LogP contribution in [0.4, 0.5) is 0 Å². The molecule has 5 nitrogen and oxygen atoms in total. The van der Waals surface area contributed by atoms with Gasteiger partial charge in [-0.2, -0.15) is 0 Å². The number of aryl methyl sites for hydroxylation is 1. The maximum atomic E-state index is 12.7. The van der Waals surface area contributed by atoms with Gasteiger partial charge in [-0.15, -0.1) is 0 Å². The second kappa shape index (κ2) is 8.92. The van der Waals surface area contributed by atoms with E-state index >= 15 is 0 Å². The third-order valence-corrected chi connectivity index (χ3v) is 9.41. The lowest BCUT2D eigenvalue weighted by Gasteiger charge is -2.61. The average Bonchev–Trinajstić information content (AvgIpc) is 3.69. The Balaban J connectivity index is 1.27. The molecule has 2 saturated heterocycles. The largest absolute Gasteiger partial charge is 0.497 e. The van der Waals surface area contributed by atoms with E-state index in [0.717, 1.165) is 76.4 Å². The highest BCUT2D eigenvalue weighted by molar-refractivity contribution is 5.48. The number of pyridine rings is 1. The maximum Gasteiger partial charge on any atom is 0.119 e. The summed E-state index contributed by atoms with van der Waals surface area (Å²) in [7, 11) is 1.76. The third kappa shape index (κ3) is 3.86. The zero-order chi connectivity index (χ0) is 23.2. The Morgan fingerprint density at radius 3 is 2.76 bits per heavy atom. The Morgan fingerprint density at radius 1 is 1.12 bits per heavy atom. The van der Waals surface area contributed by atoms with Gasteiger partial charge in [0.05, 0.1) is 12.7 Å². The minimum Gasteiger partial charge on any atom is -0.497 e. The van der Waals surface area contributed by atoms with Crippen LogP contribution in [0.5, 0.6) is 5.75 Å². The van der Waals surface area contributed by atoms with Gasteiger partial charge in [-0.25, -0.2) is 0 Å². The van der Waals surface area contributed by atoms with Gasteiger partial charge in [0.2, 0.25) is 0 Å². The number of aliphatic hydroxyl groups is 1. The number of hydrogen-bond donors (Lipinski definition) is 1. The molecule has 6 rings (SSSR count). The molecule has 2 bridgehead atoms. The van der Waals surface area contributed by atoms with Gasteiger partial charge in [-0.3, -0.25) is 9.88 Å². The number of piperidine rings is 1. The van der Waals surface area contributed by atoms with E-state index in [4.69, 9.17) is 4.74 Å². The highest BCUT2D eigenvalue weighted by Gasteiger charge is 2.63. The molecule has 3 fully saturated rings. The molecule has 182 valence electrons. The molecular weight excluding hydrogens is 422 g/mol. The molecule has 5 heteroatoms. The van der Waals surface area contributed by atoms with Crippen LogP contribution >= 0.6 is 0 Å². The van der Waals surface area contributed by atoms with Crippen molar-refractivity contribution in [1.82, 2.24) is 14.8 Å². The summed E-state index contributed by atoms with van der Waals surface area (Å²) in [6.45, 7) is 5.41. The number of ether oxygens (including phenoxy) is 1. The lowest BCUT2D eigenvalue weighted by molar-refractivity contribution is -0.149. The van der Waals surface area contributed by atoms with Gasteiger partial charge in [0.15, 0.2) is 0 Å². The predicted octanol–water partition coefficient (Wildman–Crippen LogP) is 3.83. The molecule has 0 radical (unpaired) electrons. The number of fused-ring (bicyclic) bond motifs is 1. The van der Waals surface area contributed by atoms with Crippen LogP contribution in [0.15, 0.2) is 42.7 Å². The van der Waals surface area contributed by atoms with Crippen molar-refractivity contribution >= 4 is 0 Å². The molecule has 3 unspecified atom stereocenters. The molecule has 3 heterocycles. The molecule has 1 N–H and O–H groups in total. The van der Waals surface area contributed by atoms with E-state index in [1.165, 1.54) is 36.1 Å². The molecule has 1 aromatic carbocycles. The molecular formula is C29H39N3O2. The van der Waals surface area contributed by atoms with Gasteiger partial charge in [0, 0.05) is 36.9 Å². The molecule has 1 saturated carbocycles. The van der Waals surface area contributed by atoms with E-state index < -0.39 is 5.60 Å². The standard InChI is InChI=1S/C29H39N3O2/c1-34-25-9-8-24-18-27-29(33)12-16-31(14-3-5-22-4-2-13-30-20-22)15-10-28(29,26(24)19-25)11-17-32(27)21-23-6-7-23/h2,4,8-9,13,19-20,23,27,33H,3,5-7,10-12,14-18,21H2,1H3. The van der Waals surface area contributed by atoms with Crippen molar-refractivity contribution in [3.8, 4) is 5.75 Å². The molecule has 2 aromatic rings. The van der Waals surface area contributed by atoms with Crippen LogP contribution in [0.3, 0.4) is 0 Å². The van der Waals surface area contributed by atoms with Crippen LogP contribution in [0, 0.1) is 5.92 Å². The first-order valence-electron chi connectivity index (χ1n) is 13.4. The van der Waals surface area contributed by atoms with Crippen LogP contribution in [0.25, 0.3) is 0 Å². The number of nitrogens with zero attached hydrogens (tertiary/aromatic N) is 3. The summed E-state index contributed by atoms with van der Waals surface area (Å²) >= 11 is 0. The minimum absolute atomic E-state index is 0.169. The Hall–Kier alpha value is -1.95. The number of benzene rings is 1. The maximum absolute atomic E-state index is 12.7. The van der Waals surface area contributed by atoms with Crippen LogP contribution in [0.2, 0.25) is 0 Å². The van der Waals surface area contributed by atoms with Gasteiger partial charge in [-0.05, 0) is 112 Å². The summed E-state index contributed by atoms with van der Waals surface area (Å²) in [6, 6.07) is 11.1. The second-order valence-corrected chi connectivity index (χ2v) is 11.2. The molecule has 2 aliphatic carbocycles. The van der Waals surface area contributed by atoms with Crippen molar-refractivity contribution in [1.29, 1.82) is 0 Å². The molecule has 34 heavy (non-hydrogen) atoms. The Morgan fingerprint density at radius 2 is 1.97 bits per heavy atom. The number of methoxy groups -OCH3 is 1. The quantitative estimate of drug-likeness (QED) is 0.679. The summed E-state index contributed by atoms with van der Waals surface area (Å²) in [4.78, 5) is 9.55. The number of likely N-dealkylation sites (tertiary alicyclic amines) is 2. The summed E-state index contributed by atoms with van der Waals surface area (Å²) in [6.07, 6.45) is 12.7. The lowest BCUT2D eigenvalue weighted by atomic mass is 9.52. The Kier molecular flexibility index (Phi) is 5.91. The summed E-state index contributed by atoms with van der Waals surface area (Å²) in [5, 5.41) is 12.7. The third-order valence-electron chi connectivity index (χ3n) is 9.41. The van der Waals surface area contributed by atoms with Crippen molar-refractivity contribution < 1.29 is 9.84 Å². The Labute approximate surface area is 204 Å². The minimum atomic E-state index is -0.669. The fourth-order valence-electron chi connectivity index (χ4n) is 7.31. The first kappa shape index (κ1) is 22.5. The van der Waals surface area contributed by atoms with Crippen LogP contribution < -0.4 is 4.74 Å². The average molecular weight is 462 g/mol. The molecule has 0 amide bonds. The lowest BCUT2D eigenvalue weighted by Crippen LogP contribution is -2.71. The number of hydrogen-bond acceptors (Lipinski definition) is 5. The highest BCUT2D eigenvalue weighted by Crippen LogP contribution is 2.56. The molecule has 1 aromatic heterocycles. The van der Waals surface area contributed by atoms with Crippen LogP contribution in [-0.2, 0) is 18.3 Å². The van der Waals surface area contributed by atoms with E-state index in [1.54, 1.807) is 7.11 Å². The van der Waals surface area contributed by atoms with Gasteiger partial charge in [0.25, 0.3) is 0 Å². The molecule has 4 aliphatic rings.